The van der Waals surface area contributed by atoms with Gasteiger partial charge in [0.1, 0.15) is 0 Å². The van der Waals surface area contributed by atoms with Crippen LogP contribution in [0.15, 0.2) is 261 Å². The topological polar surface area (TPSA) is 58.4 Å². The summed E-state index contributed by atoms with van der Waals surface area (Å²) in [4.78, 5) is 15.7. The third kappa shape index (κ3) is 6.20. The van der Waals surface area contributed by atoms with E-state index in [9.17, 15) is 0 Å². The molecule has 0 aliphatic carbocycles. The Balaban J connectivity index is 1.04. The van der Waals surface area contributed by atoms with Crippen LogP contribution in [0.4, 0.5) is 0 Å². The van der Waals surface area contributed by atoms with Crippen LogP contribution in [-0.4, -0.2) is 33.2 Å². The van der Waals surface area contributed by atoms with Gasteiger partial charge in [0.05, 0.1) is 44.1 Å². The summed E-state index contributed by atoms with van der Waals surface area (Å²) in [7, 11) is 0. The van der Waals surface area contributed by atoms with Gasteiger partial charge >= 0.3 is 0 Å². The van der Waals surface area contributed by atoms with Crippen LogP contribution < -0.4 is 0 Å². The third-order valence-electron chi connectivity index (χ3n) is 15.4. The van der Waals surface area contributed by atoms with E-state index in [4.69, 9.17) is 15.0 Å². The number of hydrogen-bond acceptors (Lipinski definition) is 3. The molecule has 354 valence electrons. The summed E-state index contributed by atoms with van der Waals surface area (Å²) < 4.78 is 9.82. The molecule has 0 spiro atoms. The van der Waals surface area contributed by atoms with Crippen molar-refractivity contribution in [3.8, 4) is 56.9 Å². The van der Waals surface area contributed by atoms with E-state index >= 15 is 0 Å². The molecule has 0 saturated carbocycles. The smallest absolute Gasteiger partial charge is 0.164 e. The minimum Gasteiger partial charge on any atom is -0.309 e. The first-order valence-corrected chi connectivity index (χ1v) is 25.8. The van der Waals surface area contributed by atoms with E-state index in [1.54, 1.807) is 0 Å². The van der Waals surface area contributed by atoms with Gasteiger partial charge in [-0.2, -0.15) is 0 Å². The number of para-hydroxylation sites is 5. The Kier molecular flexibility index (Phi) is 9.20. The van der Waals surface area contributed by atoms with Crippen LogP contribution in [0.25, 0.3) is 144 Å². The van der Waals surface area contributed by atoms with E-state index in [1.807, 2.05) is 36.4 Å². The summed E-state index contributed by atoms with van der Waals surface area (Å²) in [6, 6.07) is 93.3. The molecule has 0 aliphatic heterocycles. The molecular weight excluding hydrogens is 927 g/mol. The van der Waals surface area contributed by atoms with Gasteiger partial charge in [0.2, 0.25) is 0 Å². The number of fused-ring (bicyclic) bond motifs is 14. The Morgan fingerprint density at radius 3 is 1.24 bits per heavy atom. The number of rotatable bonds is 7. The normalized spacial score (nSPS) is 11.9. The molecule has 0 radical (unpaired) electrons. The highest BCUT2D eigenvalue weighted by atomic mass is 15.1. The Morgan fingerprint density at radius 1 is 0.224 bits per heavy atom. The number of hydrogen-bond donors (Lipinski definition) is 0. The van der Waals surface area contributed by atoms with Crippen LogP contribution in [0.2, 0.25) is 0 Å². The summed E-state index contributed by atoms with van der Waals surface area (Å²) >= 11 is 0. The van der Waals surface area contributed by atoms with E-state index in [1.165, 1.54) is 38.1 Å². The second-order valence-corrected chi connectivity index (χ2v) is 19.5. The van der Waals surface area contributed by atoms with Gasteiger partial charge in [-0.25, -0.2) is 15.0 Å². The van der Waals surface area contributed by atoms with Crippen molar-refractivity contribution >= 4 is 87.2 Å². The van der Waals surface area contributed by atoms with E-state index in [-0.39, 0.29) is 0 Å². The van der Waals surface area contributed by atoms with Crippen molar-refractivity contribution in [3.63, 3.8) is 0 Å². The van der Waals surface area contributed by atoms with Crippen molar-refractivity contribution in [1.29, 1.82) is 0 Å². The Morgan fingerprint density at radius 2 is 0.632 bits per heavy atom. The number of aromatic nitrogens is 7. The average Bonchev–Trinajstić information content (AvgIpc) is 4.44. The van der Waals surface area contributed by atoms with Crippen LogP contribution in [-0.2, 0) is 0 Å². The Hall–Kier alpha value is -10.4. The molecule has 0 N–H and O–H groups in total. The lowest BCUT2D eigenvalue weighted by Gasteiger charge is -2.11. The van der Waals surface area contributed by atoms with Gasteiger partial charge in [0, 0.05) is 82.5 Å². The van der Waals surface area contributed by atoms with Gasteiger partial charge in [-0.15, -0.1) is 0 Å². The molecule has 7 nitrogen and oxygen atoms in total. The minimum absolute atomic E-state index is 0.616. The highest BCUT2D eigenvalue weighted by molar-refractivity contribution is 6.29. The van der Waals surface area contributed by atoms with E-state index in [2.05, 4.69) is 243 Å². The zero-order valence-corrected chi connectivity index (χ0v) is 41.0. The maximum Gasteiger partial charge on any atom is 0.164 e. The zero-order valence-electron chi connectivity index (χ0n) is 41.0. The van der Waals surface area contributed by atoms with Crippen LogP contribution >= 0.6 is 0 Å². The molecule has 76 heavy (non-hydrogen) atoms. The highest BCUT2D eigenvalue weighted by Crippen LogP contribution is 2.47. The highest BCUT2D eigenvalue weighted by Gasteiger charge is 2.26. The first-order valence-electron chi connectivity index (χ1n) is 25.8. The first kappa shape index (κ1) is 42.2. The van der Waals surface area contributed by atoms with Gasteiger partial charge in [0.15, 0.2) is 17.5 Å². The van der Waals surface area contributed by atoms with Gasteiger partial charge in [-0.1, -0.05) is 176 Å². The van der Waals surface area contributed by atoms with Crippen molar-refractivity contribution in [1.82, 2.24) is 33.2 Å². The van der Waals surface area contributed by atoms with Gasteiger partial charge in [-0.05, 0) is 84.9 Å². The zero-order chi connectivity index (χ0) is 49.8. The second kappa shape index (κ2) is 16.6. The maximum atomic E-state index is 5.30. The fourth-order valence-electron chi connectivity index (χ4n) is 12.2. The molecule has 0 unspecified atom stereocenters. The van der Waals surface area contributed by atoms with Crippen molar-refractivity contribution in [2.75, 3.05) is 0 Å². The molecule has 7 heteroatoms. The van der Waals surface area contributed by atoms with Crippen molar-refractivity contribution in [3.05, 3.63) is 261 Å². The molecule has 0 aliphatic rings. The molecule has 0 fully saturated rings. The summed E-state index contributed by atoms with van der Waals surface area (Å²) in [5, 5.41) is 9.35. The van der Waals surface area contributed by atoms with Crippen molar-refractivity contribution < 1.29 is 0 Å². The minimum atomic E-state index is 0.616. The van der Waals surface area contributed by atoms with Crippen LogP contribution in [0.5, 0.6) is 0 Å². The monoisotopic (exact) mass is 969 g/mol. The lowest BCUT2D eigenvalue weighted by Crippen LogP contribution is -2.00. The van der Waals surface area contributed by atoms with Crippen molar-refractivity contribution in [2.24, 2.45) is 0 Å². The SMILES string of the molecule is c1ccc(-c2nc(-c3ccccc3)nc(-c3cccc4c3c3ccc5c(c6cc(-n7c8ccccc8c8ccc9c(c%10ccccc%10n9-c9ccccc9)c87)ccc6n5-c5ccccc5)c3n4-c3ccccc3)n2)cc1. The molecule has 0 atom stereocenters. The fraction of sp³-hybridized carbons (Fsp3) is 0. The quantitative estimate of drug-likeness (QED) is 0.160. The lowest BCUT2D eigenvalue weighted by molar-refractivity contribution is 1.08. The van der Waals surface area contributed by atoms with Gasteiger partial charge in [-0.3, -0.25) is 0 Å². The molecule has 11 aromatic carbocycles. The summed E-state index contributed by atoms with van der Waals surface area (Å²) in [5.41, 5.74) is 16.3. The summed E-state index contributed by atoms with van der Waals surface area (Å²) in [6.07, 6.45) is 0. The third-order valence-corrected chi connectivity index (χ3v) is 15.4. The molecule has 16 aromatic rings. The molecule has 5 aromatic heterocycles. The predicted molar refractivity (Wildman–Crippen MR) is 313 cm³/mol. The lowest BCUT2D eigenvalue weighted by atomic mass is 10.0. The average molecular weight is 970 g/mol. The Bertz CT molecular complexity index is 4900. The van der Waals surface area contributed by atoms with E-state index in [0.29, 0.717) is 17.5 Å². The summed E-state index contributed by atoms with van der Waals surface area (Å²) in [6.45, 7) is 0. The predicted octanol–water partition coefficient (Wildman–Crippen LogP) is 17.3. The van der Waals surface area contributed by atoms with Gasteiger partial charge < -0.3 is 18.3 Å². The molecule has 0 bridgehead atoms. The molecule has 16 rings (SSSR count). The number of nitrogens with zero attached hydrogens (tertiary/aromatic N) is 7. The second-order valence-electron chi connectivity index (χ2n) is 19.5. The summed E-state index contributed by atoms with van der Waals surface area (Å²) in [5.74, 6) is 1.87. The van der Waals surface area contributed by atoms with E-state index < -0.39 is 0 Å². The van der Waals surface area contributed by atoms with Crippen LogP contribution in [0.1, 0.15) is 0 Å². The number of benzene rings is 11. The Labute approximate surface area is 436 Å². The molecule has 0 saturated heterocycles. The van der Waals surface area contributed by atoms with Crippen LogP contribution in [0, 0.1) is 0 Å². The molecule has 5 heterocycles. The maximum absolute atomic E-state index is 5.30. The first-order chi connectivity index (χ1) is 37.7. The molecular formula is C69H43N7. The molecule has 0 amide bonds. The van der Waals surface area contributed by atoms with Crippen LogP contribution in [0.3, 0.4) is 0 Å². The van der Waals surface area contributed by atoms with E-state index in [0.717, 1.165) is 88.6 Å². The standard InChI is InChI=1S/C69H43N7/c1-6-21-44(22-7-1)67-70-68(45-23-8-2-9-24-45)72-69(71-67)54-33-20-36-59-62(54)53-39-42-61-64(66(53)75(59)48-29-14-5-15-30-48)55-43-49(37-40-58(55)74(61)47-27-12-4-13-28-47)76-56-34-18-16-31-50(56)51-38-41-60-63(65(51)76)52-32-17-19-35-57(52)73(60)46-25-10-3-11-26-46/h1-43H. The fourth-order valence-corrected chi connectivity index (χ4v) is 12.2. The van der Waals surface area contributed by atoms with Crippen molar-refractivity contribution in [2.45, 2.75) is 0 Å². The van der Waals surface area contributed by atoms with Gasteiger partial charge in [0.25, 0.3) is 0 Å². The largest absolute Gasteiger partial charge is 0.309 e.